The van der Waals surface area contributed by atoms with Gasteiger partial charge in [0.05, 0.1) is 19.6 Å². The highest BCUT2D eigenvalue weighted by Crippen LogP contribution is 2.36. The van der Waals surface area contributed by atoms with E-state index in [1.165, 1.54) is 25.2 Å². The van der Waals surface area contributed by atoms with Gasteiger partial charge >= 0.3 is 5.97 Å². The number of nitrogens with zero attached hydrogens (tertiary/aromatic N) is 1. The zero-order valence-electron chi connectivity index (χ0n) is 12.7. The zero-order valence-corrected chi connectivity index (χ0v) is 12.7. The standard InChI is InChI=1S/C15H18FNO5/c1-15(14(19)20)6-7-17(8-15)13(18)11-9(16)4-5-10(21-2)12(11)22-3/h4-5H,6-8H2,1-3H3,(H,19,20). The van der Waals surface area contributed by atoms with Gasteiger partial charge in [-0.1, -0.05) is 0 Å². The van der Waals surface area contributed by atoms with E-state index in [1.807, 2.05) is 0 Å². The Balaban J connectivity index is 2.37. The molecule has 1 N–H and O–H groups in total. The molecule has 1 aromatic carbocycles. The predicted molar refractivity (Wildman–Crippen MR) is 75.8 cm³/mol. The lowest BCUT2D eigenvalue weighted by molar-refractivity contribution is -0.147. The van der Waals surface area contributed by atoms with Crippen LogP contribution in [0.4, 0.5) is 4.39 Å². The molecule has 0 aliphatic carbocycles. The maximum atomic E-state index is 14.1. The number of methoxy groups -OCH3 is 2. The second-order valence-electron chi connectivity index (χ2n) is 5.50. The van der Waals surface area contributed by atoms with Crippen LogP contribution in [0.1, 0.15) is 23.7 Å². The van der Waals surface area contributed by atoms with Crippen LogP contribution in [0, 0.1) is 11.2 Å². The fraction of sp³-hybridized carbons (Fsp3) is 0.467. The molecular formula is C15H18FNO5. The molecule has 1 aliphatic rings. The van der Waals surface area contributed by atoms with Crippen molar-refractivity contribution < 1.29 is 28.6 Å². The molecule has 1 atom stereocenters. The zero-order chi connectivity index (χ0) is 16.5. The Morgan fingerprint density at radius 1 is 1.32 bits per heavy atom. The number of carboxylic acids is 1. The topological polar surface area (TPSA) is 76.1 Å². The normalized spacial score (nSPS) is 20.8. The Kier molecular flexibility index (Phi) is 4.25. The number of aliphatic carboxylic acids is 1. The monoisotopic (exact) mass is 311 g/mol. The van der Waals surface area contributed by atoms with E-state index < -0.39 is 23.1 Å². The molecule has 1 aliphatic heterocycles. The van der Waals surface area contributed by atoms with Gasteiger partial charge in [-0.3, -0.25) is 9.59 Å². The maximum absolute atomic E-state index is 14.1. The second kappa shape index (κ2) is 5.82. The molecule has 6 nitrogen and oxygen atoms in total. The number of benzene rings is 1. The van der Waals surface area contributed by atoms with Crippen LogP contribution in [-0.2, 0) is 4.79 Å². The molecular weight excluding hydrogens is 293 g/mol. The van der Waals surface area contributed by atoms with Crippen LogP contribution in [0.2, 0.25) is 0 Å². The van der Waals surface area contributed by atoms with Crippen LogP contribution >= 0.6 is 0 Å². The van der Waals surface area contributed by atoms with E-state index in [0.29, 0.717) is 6.42 Å². The van der Waals surface area contributed by atoms with Crippen LogP contribution in [0.25, 0.3) is 0 Å². The molecule has 0 aromatic heterocycles. The lowest BCUT2D eigenvalue weighted by Gasteiger charge is -2.21. The SMILES string of the molecule is COc1ccc(F)c(C(=O)N2CCC(C)(C(=O)O)C2)c1OC. The highest BCUT2D eigenvalue weighted by Gasteiger charge is 2.43. The van der Waals surface area contributed by atoms with Crippen LogP contribution in [-0.4, -0.2) is 49.2 Å². The fourth-order valence-electron chi connectivity index (χ4n) is 2.57. The summed E-state index contributed by atoms with van der Waals surface area (Å²) in [5, 5.41) is 9.22. The highest BCUT2D eigenvalue weighted by atomic mass is 19.1. The van der Waals surface area contributed by atoms with Crippen LogP contribution in [0.5, 0.6) is 11.5 Å². The van der Waals surface area contributed by atoms with Gasteiger partial charge in [-0.25, -0.2) is 4.39 Å². The number of carbonyl (C=O) groups excluding carboxylic acids is 1. The number of halogens is 1. The van der Waals surface area contributed by atoms with Gasteiger partial charge in [0, 0.05) is 13.1 Å². The van der Waals surface area contributed by atoms with Crippen molar-refractivity contribution in [2.45, 2.75) is 13.3 Å². The minimum absolute atomic E-state index is 0.0106. The van der Waals surface area contributed by atoms with Gasteiger partial charge in [-0.2, -0.15) is 0 Å². The number of rotatable bonds is 4. The van der Waals surface area contributed by atoms with E-state index in [1.54, 1.807) is 6.92 Å². The third-order valence-corrected chi connectivity index (χ3v) is 3.99. The van der Waals surface area contributed by atoms with E-state index in [-0.39, 0.29) is 30.2 Å². The second-order valence-corrected chi connectivity index (χ2v) is 5.50. The van der Waals surface area contributed by atoms with Crippen molar-refractivity contribution in [3.8, 4) is 11.5 Å². The molecule has 0 radical (unpaired) electrons. The van der Waals surface area contributed by atoms with Gasteiger partial charge in [0.15, 0.2) is 11.5 Å². The minimum Gasteiger partial charge on any atom is -0.493 e. The summed E-state index contributed by atoms with van der Waals surface area (Å²) in [7, 11) is 2.71. The summed E-state index contributed by atoms with van der Waals surface area (Å²) in [5.41, 5.74) is -1.25. The highest BCUT2D eigenvalue weighted by molar-refractivity contribution is 5.98. The molecule has 7 heteroatoms. The van der Waals surface area contributed by atoms with Crippen molar-refractivity contribution in [2.75, 3.05) is 27.3 Å². The molecule has 1 unspecified atom stereocenters. The summed E-state index contributed by atoms with van der Waals surface area (Å²) in [5.74, 6) is -2.05. The van der Waals surface area contributed by atoms with E-state index in [4.69, 9.17) is 9.47 Å². The summed E-state index contributed by atoms with van der Waals surface area (Å²) < 4.78 is 24.3. The van der Waals surface area contributed by atoms with Crippen molar-refractivity contribution >= 4 is 11.9 Å². The summed E-state index contributed by atoms with van der Waals surface area (Å²) in [6, 6.07) is 2.50. The lowest BCUT2D eigenvalue weighted by atomic mass is 9.90. The number of ether oxygens (including phenoxy) is 2. The third-order valence-electron chi connectivity index (χ3n) is 3.99. The molecule has 2 rings (SSSR count). The molecule has 22 heavy (non-hydrogen) atoms. The van der Waals surface area contributed by atoms with Crippen LogP contribution in [0.15, 0.2) is 12.1 Å². The first-order chi connectivity index (χ1) is 10.3. The number of carbonyl (C=O) groups is 2. The smallest absolute Gasteiger partial charge is 0.311 e. The number of carboxylic acid groups (broad SMARTS) is 1. The third kappa shape index (κ3) is 2.58. The molecule has 1 amide bonds. The van der Waals surface area contributed by atoms with E-state index in [0.717, 1.165) is 6.07 Å². The molecule has 1 heterocycles. The average molecular weight is 311 g/mol. The molecule has 1 fully saturated rings. The van der Waals surface area contributed by atoms with Crippen LogP contribution in [0.3, 0.4) is 0 Å². The Bertz CT molecular complexity index is 618. The quantitative estimate of drug-likeness (QED) is 0.917. The van der Waals surface area contributed by atoms with Gasteiger partial charge in [0.25, 0.3) is 5.91 Å². The summed E-state index contributed by atoms with van der Waals surface area (Å²) in [4.78, 5) is 25.2. The van der Waals surface area contributed by atoms with Gasteiger partial charge in [-0.15, -0.1) is 0 Å². The number of hydrogen-bond acceptors (Lipinski definition) is 4. The average Bonchev–Trinajstić information content (AvgIpc) is 2.90. The first-order valence-electron chi connectivity index (χ1n) is 6.77. The molecule has 1 aromatic rings. The summed E-state index contributed by atoms with van der Waals surface area (Å²) >= 11 is 0. The molecule has 0 spiro atoms. The Hall–Kier alpha value is -2.31. The van der Waals surface area contributed by atoms with E-state index >= 15 is 0 Å². The van der Waals surface area contributed by atoms with Gasteiger partial charge in [0.1, 0.15) is 11.4 Å². The number of hydrogen-bond donors (Lipinski definition) is 1. The summed E-state index contributed by atoms with van der Waals surface area (Å²) in [6.07, 6.45) is 0.321. The molecule has 0 bridgehead atoms. The Morgan fingerprint density at radius 3 is 2.50 bits per heavy atom. The van der Waals surface area contributed by atoms with Crippen LogP contribution < -0.4 is 9.47 Å². The van der Waals surface area contributed by atoms with Crippen molar-refractivity contribution in [3.05, 3.63) is 23.5 Å². The van der Waals surface area contributed by atoms with Crippen molar-refractivity contribution in [3.63, 3.8) is 0 Å². The van der Waals surface area contributed by atoms with Gasteiger partial charge in [-0.05, 0) is 25.5 Å². The molecule has 120 valence electrons. The first kappa shape index (κ1) is 16.1. The first-order valence-corrected chi connectivity index (χ1v) is 6.77. The van der Waals surface area contributed by atoms with Gasteiger partial charge in [0.2, 0.25) is 0 Å². The minimum atomic E-state index is -1.02. The maximum Gasteiger partial charge on any atom is 0.311 e. The van der Waals surface area contributed by atoms with E-state index in [9.17, 15) is 19.1 Å². The Labute approximate surface area is 127 Å². The predicted octanol–water partition coefficient (Wildman–Crippen LogP) is 1.78. The number of likely N-dealkylation sites (tertiary alicyclic amines) is 1. The van der Waals surface area contributed by atoms with Crippen molar-refractivity contribution in [1.29, 1.82) is 0 Å². The molecule has 0 saturated carbocycles. The fourth-order valence-corrected chi connectivity index (χ4v) is 2.57. The largest absolute Gasteiger partial charge is 0.493 e. The lowest BCUT2D eigenvalue weighted by Crippen LogP contribution is -2.35. The Morgan fingerprint density at radius 2 is 2.00 bits per heavy atom. The van der Waals surface area contributed by atoms with Crippen molar-refractivity contribution in [2.24, 2.45) is 5.41 Å². The number of amides is 1. The van der Waals surface area contributed by atoms with Crippen molar-refractivity contribution in [1.82, 2.24) is 4.90 Å². The van der Waals surface area contributed by atoms with E-state index in [2.05, 4.69) is 0 Å². The van der Waals surface area contributed by atoms with Gasteiger partial charge < -0.3 is 19.5 Å². The summed E-state index contributed by atoms with van der Waals surface area (Å²) in [6.45, 7) is 1.85. The molecule has 1 saturated heterocycles.